The van der Waals surface area contributed by atoms with Crippen LogP contribution in [-0.2, 0) is 4.79 Å². The number of carbonyl (C=O) groups excluding carboxylic acids is 1. The lowest BCUT2D eigenvalue weighted by Crippen LogP contribution is -2.46. The smallest absolute Gasteiger partial charge is 0.231 e. The largest absolute Gasteiger partial charge is 0.326 e. The molecular weight excluding hydrogens is 244 g/mol. The summed E-state index contributed by atoms with van der Waals surface area (Å²) in [6.45, 7) is 3.82. The first kappa shape index (κ1) is 13.4. The highest BCUT2D eigenvalue weighted by atomic mass is 32.2. The van der Waals surface area contributed by atoms with Crippen LogP contribution in [0.25, 0.3) is 0 Å². The van der Waals surface area contributed by atoms with Gasteiger partial charge in [0.1, 0.15) is 0 Å². The van der Waals surface area contributed by atoms with E-state index < -0.39 is 0 Å². The molecular formula is C14H20N2OS. The van der Waals surface area contributed by atoms with Gasteiger partial charge in [0, 0.05) is 17.1 Å². The van der Waals surface area contributed by atoms with Crippen LogP contribution in [0.5, 0.6) is 0 Å². The van der Waals surface area contributed by atoms with E-state index in [2.05, 4.69) is 10.6 Å². The van der Waals surface area contributed by atoms with Gasteiger partial charge >= 0.3 is 0 Å². The molecule has 1 fully saturated rings. The summed E-state index contributed by atoms with van der Waals surface area (Å²) in [4.78, 5) is 13.5. The summed E-state index contributed by atoms with van der Waals surface area (Å²) in [7, 11) is 0. The molecule has 1 atom stereocenters. The van der Waals surface area contributed by atoms with E-state index in [-0.39, 0.29) is 11.3 Å². The van der Waals surface area contributed by atoms with Crippen molar-refractivity contribution in [1.29, 1.82) is 0 Å². The third kappa shape index (κ3) is 3.06. The molecule has 1 aromatic carbocycles. The van der Waals surface area contributed by atoms with Gasteiger partial charge in [0.25, 0.3) is 0 Å². The number of thioether (sulfide) groups is 1. The maximum Gasteiger partial charge on any atom is 0.231 e. The maximum atomic E-state index is 12.3. The number of nitrogens with one attached hydrogen (secondary N) is 2. The van der Waals surface area contributed by atoms with Crippen LogP contribution in [0.1, 0.15) is 19.8 Å². The zero-order chi connectivity index (χ0) is 13.0. The Labute approximate surface area is 113 Å². The van der Waals surface area contributed by atoms with Crippen LogP contribution in [0.2, 0.25) is 0 Å². The fourth-order valence-corrected chi connectivity index (χ4v) is 2.61. The van der Waals surface area contributed by atoms with Crippen molar-refractivity contribution in [3.05, 3.63) is 24.3 Å². The molecule has 1 heterocycles. The number of hydrogen-bond acceptors (Lipinski definition) is 3. The highest BCUT2D eigenvalue weighted by molar-refractivity contribution is 7.98. The number of amides is 1. The minimum atomic E-state index is -0.281. The molecule has 1 aromatic rings. The summed E-state index contributed by atoms with van der Waals surface area (Å²) < 4.78 is 0. The number of anilines is 1. The second-order valence-corrected chi connectivity index (χ2v) is 5.90. The number of carbonyl (C=O) groups is 1. The van der Waals surface area contributed by atoms with Crippen molar-refractivity contribution in [2.45, 2.75) is 24.7 Å². The third-order valence-corrected chi connectivity index (χ3v) is 4.24. The summed E-state index contributed by atoms with van der Waals surface area (Å²) in [5.41, 5.74) is 0.598. The molecule has 1 aliphatic heterocycles. The van der Waals surface area contributed by atoms with Crippen LogP contribution >= 0.6 is 11.8 Å². The highest BCUT2D eigenvalue weighted by Crippen LogP contribution is 2.27. The van der Waals surface area contributed by atoms with E-state index in [1.165, 1.54) is 4.90 Å². The third-order valence-electron chi connectivity index (χ3n) is 3.49. The second-order valence-electron chi connectivity index (χ2n) is 5.02. The fraction of sp³-hybridized carbons (Fsp3) is 0.500. The van der Waals surface area contributed by atoms with Crippen LogP contribution in [0.4, 0.5) is 5.69 Å². The Hall–Kier alpha value is -1.00. The van der Waals surface area contributed by atoms with Crippen molar-refractivity contribution in [3.63, 3.8) is 0 Å². The fourth-order valence-electron chi connectivity index (χ4n) is 2.21. The molecule has 4 heteroatoms. The Kier molecular flexibility index (Phi) is 4.30. The van der Waals surface area contributed by atoms with Crippen molar-refractivity contribution in [2.24, 2.45) is 5.41 Å². The Morgan fingerprint density at radius 1 is 1.39 bits per heavy atom. The first-order valence-corrected chi connectivity index (χ1v) is 7.53. The molecule has 0 saturated carbocycles. The molecule has 2 N–H and O–H groups in total. The van der Waals surface area contributed by atoms with Crippen LogP contribution in [0, 0.1) is 5.41 Å². The maximum absolute atomic E-state index is 12.3. The molecule has 1 aliphatic rings. The molecule has 1 saturated heterocycles. The number of hydrogen-bond donors (Lipinski definition) is 2. The Morgan fingerprint density at radius 3 is 2.67 bits per heavy atom. The van der Waals surface area contributed by atoms with Crippen LogP contribution in [0.15, 0.2) is 29.2 Å². The van der Waals surface area contributed by atoms with Gasteiger partial charge < -0.3 is 10.6 Å². The Bertz CT molecular complexity index is 410. The predicted molar refractivity (Wildman–Crippen MR) is 77.1 cm³/mol. The van der Waals surface area contributed by atoms with Crippen LogP contribution < -0.4 is 10.6 Å². The van der Waals surface area contributed by atoms with Crippen molar-refractivity contribution < 1.29 is 4.79 Å². The number of piperidine rings is 1. The lowest BCUT2D eigenvalue weighted by atomic mass is 9.82. The van der Waals surface area contributed by atoms with Gasteiger partial charge in [-0.15, -0.1) is 11.8 Å². The van der Waals surface area contributed by atoms with Gasteiger partial charge in [-0.05, 0) is 56.8 Å². The molecule has 1 unspecified atom stereocenters. The Balaban J connectivity index is 2.01. The first-order chi connectivity index (χ1) is 8.64. The monoisotopic (exact) mass is 264 g/mol. The van der Waals surface area contributed by atoms with Crippen LogP contribution in [0.3, 0.4) is 0 Å². The standard InChI is InChI=1S/C14H20N2OS/c1-14(8-3-9-15-10-14)13(17)16-11-4-6-12(18-2)7-5-11/h4-7,15H,3,8-10H2,1-2H3,(H,16,17). The second kappa shape index (κ2) is 5.76. The molecule has 3 nitrogen and oxygen atoms in total. The van der Waals surface area contributed by atoms with Crippen molar-refractivity contribution >= 4 is 23.4 Å². The van der Waals surface area contributed by atoms with Crippen molar-refractivity contribution in [1.82, 2.24) is 5.32 Å². The molecule has 0 bridgehead atoms. The van der Waals surface area contributed by atoms with Crippen molar-refractivity contribution in [3.8, 4) is 0 Å². The average molecular weight is 264 g/mol. The summed E-state index contributed by atoms with van der Waals surface area (Å²) >= 11 is 1.70. The van der Waals surface area contributed by atoms with E-state index in [1.54, 1.807) is 11.8 Å². The normalized spacial score (nSPS) is 23.7. The van der Waals surface area contributed by atoms with Gasteiger partial charge in [-0.2, -0.15) is 0 Å². The molecule has 0 aliphatic carbocycles. The van der Waals surface area contributed by atoms with Gasteiger partial charge in [-0.1, -0.05) is 0 Å². The predicted octanol–water partition coefficient (Wildman–Crippen LogP) is 2.74. The summed E-state index contributed by atoms with van der Waals surface area (Å²) in [5, 5.41) is 6.31. The van der Waals surface area contributed by atoms with E-state index in [1.807, 2.05) is 37.4 Å². The minimum absolute atomic E-state index is 0.117. The molecule has 0 radical (unpaired) electrons. The average Bonchev–Trinajstić information content (AvgIpc) is 2.40. The molecule has 18 heavy (non-hydrogen) atoms. The van der Waals surface area contributed by atoms with E-state index in [9.17, 15) is 4.79 Å². The SMILES string of the molecule is CSc1ccc(NC(=O)C2(C)CCCNC2)cc1. The lowest BCUT2D eigenvalue weighted by Gasteiger charge is -2.32. The van der Waals surface area contributed by atoms with Gasteiger partial charge in [-0.3, -0.25) is 4.79 Å². The molecule has 0 aromatic heterocycles. The van der Waals surface area contributed by atoms with Crippen LogP contribution in [-0.4, -0.2) is 25.3 Å². The van der Waals surface area contributed by atoms with E-state index >= 15 is 0 Å². The van der Waals surface area contributed by atoms with Crippen molar-refractivity contribution in [2.75, 3.05) is 24.7 Å². The summed E-state index contributed by atoms with van der Waals surface area (Å²) in [5.74, 6) is 0.117. The van der Waals surface area contributed by atoms with E-state index in [0.29, 0.717) is 0 Å². The summed E-state index contributed by atoms with van der Waals surface area (Å²) in [6.07, 6.45) is 4.06. The van der Waals surface area contributed by atoms with E-state index in [4.69, 9.17) is 0 Å². The van der Waals surface area contributed by atoms with Gasteiger partial charge in [0.05, 0.1) is 5.41 Å². The molecule has 1 amide bonds. The lowest BCUT2D eigenvalue weighted by molar-refractivity contribution is -0.125. The zero-order valence-corrected chi connectivity index (χ0v) is 11.8. The van der Waals surface area contributed by atoms with E-state index in [0.717, 1.165) is 31.6 Å². The topological polar surface area (TPSA) is 41.1 Å². The highest BCUT2D eigenvalue weighted by Gasteiger charge is 2.34. The molecule has 98 valence electrons. The Morgan fingerprint density at radius 2 is 2.11 bits per heavy atom. The summed E-state index contributed by atoms with van der Waals surface area (Å²) in [6, 6.07) is 7.98. The van der Waals surface area contributed by atoms with Gasteiger partial charge in [-0.25, -0.2) is 0 Å². The van der Waals surface area contributed by atoms with Gasteiger partial charge in [0.2, 0.25) is 5.91 Å². The van der Waals surface area contributed by atoms with Gasteiger partial charge in [0.15, 0.2) is 0 Å². The quantitative estimate of drug-likeness (QED) is 0.825. The zero-order valence-electron chi connectivity index (χ0n) is 11.0. The number of benzene rings is 1. The minimum Gasteiger partial charge on any atom is -0.326 e. The first-order valence-electron chi connectivity index (χ1n) is 6.30. The molecule has 2 rings (SSSR count). The molecule has 0 spiro atoms. The number of rotatable bonds is 3.